The Labute approximate surface area is 130 Å². The number of nitrogens with one attached hydrogen (secondary N) is 1. The molecule has 0 aliphatic heterocycles. The van der Waals surface area contributed by atoms with Crippen molar-refractivity contribution in [1.29, 1.82) is 0 Å². The molecule has 0 unspecified atom stereocenters. The summed E-state index contributed by atoms with van der Waals surface area (Å²) in [6.07, 6.45) is 4.02. The number of hydrogen-bond acceptors (Lipinski definition) is 5. The van der Waals surface area contributed by atoms with Gasteiger partial charge in [0.1, 0.15) is 0 Å². The molecular formula is C15H24N4OS. The minimum absolute atomic E-state index is 0.779. The second kappa shape index (κ2) is 8.14. The Balaban J connectivity index is 1.81. The van der Waals surface area contributed by atoms with Crippen LogP contribution in [0.3, 0.4) is 0 Å². The molecule has 0 fully saturated rings. The van der Waals surface area contributed by atoms with Crippen LogP contribution in [-0.2, 0) is 17.7 Å². The topological polar surface area (TPSA) is 52.0 Å². The molecule has 0 atom stereocenters. The lowest BCUT2D eigenvalue weighted by Crippen LogP contribution is -2.11. The first-order chi connectivity index (χ1) is 10.2. The number of anilines is 1. The highest BCUT2D eigenvalue weighted by Crippen LogP contribution is 2.12. The maximum absolute atomic E-state index is 5.38. The van der Waals surface area contributed by atoms with Crippen LogP contribution in [0.15, 0.2) is 11.6 Å². The first kappa shape index (κ1) is 16.0. The van der Waals surface area contributed by atoms with E-state index in [0.29, 0.717) is 0 Å². The smallest absolute Gasteiger partial charge is 0.203 e. The first-order valence-corrected chi connectivity index (χ1v) is 8.33. The molecular weight excluding hydrogens is 284 g/mol. The molecule has 0 amide bonds. The van der Waals surface area contributed by atoms with Crippen LogP contribution in [0.5, 0.6) is 0 Å². The Hall–Kier alpha value is -1.40. The lowest BCUT2D eigenvalue weighted by atomic mass is 10.4. The zero-order chi connectivity index (χ0) is 15.1. The highest BCUT2D eigenvalue weighted by molar-refractivity contribution is 7.09. The van der Waals surface area contributed by atoms with Crippen molar-refractivity contribution in [3.63, 3.8) is 0 Å². The Morgan fingerprint density at radius 3 is 2.86 bits per heavy atom. The molecule has 0 aromatic carbocycles. The van der Waals surface area contributed by atoms with E-state index in [1.165, 1.54) is 5.01 Å². The van der Waals surface area contributed by atoms with Crippen molar-refractivity contribution in [2.24, 2.45) is 0 Å². The van der Waals surface area contributed by atoms with Gasteiger partial charge in [-0.2, -0.15) is 0 Å². The minimum Gasteiger partial charge on any atom is -0.382 e. The molecule has 0 radical (unpaired) electrons. The molecule has 2 aromatic heterocycles. The van der Waals surface area contributed by atoms with Gasteiger partial charge >= 0.3 is 0 Å². The van der Waals surface area contributed by atoms with Crippen LogP contribution in [0.2, 0.25) is 0 Å². The van der Waals surface area contributed by atoms with Gasteiger partial charge in [0.25, 0.3) is 0 Å². The third-order valence-electron chi connectivity index (χ3n) is 3.08. The molecule has 0 spiro atoms. The number of imidazole rings is 1. The van der Waals surface area contributed by atoms with Gasteiger partial charge in [-0.25, -0.2) is 9.97 Å². The molecule has 0 bridgehead atoms. The predicted octanol–water partition coefficient (Wildman–Crippen LogP) is 3.04. The highest BCUT2D eigenvalue weighted by Gasteiger charge is 2.05. The summed E-state index contributed by atoms with van der Waals surface area (Å²) in [6.45, 7) is 9.44. The zero-order valence-electron chi connectivity index (χ0n) is 13.1. The maximum Gasteiger partial charge on any atom is 0.203 e. The summed E-state index contributed by atoms with van der Waals surface area (Å²) in [5, 5.41) is 6.67. The average Bonchev–Trinajstić information content (AvgIpc) is 3.01. The normalized spacial score (nSPS) is 11.0. The van der Waals surface area contributed by atoms with Crippen LogP contribution in [0.25, 0.3) is 0 Å². The Kier molecular flexibility index (Phi) is 6.20. The van der Waals surface area contributed by atoms with Crippen LogP contribution in [0, 0.1) is 13.8 Å². The Bertz CT molecular complexity index is 550. The molecule has 0 aliphatic carbocycles. The summed E-state index contributed by atoms with van der Waals surface area (Å²) in [6, 6.07) is 0. The average molecular weight is 308 g/mol. The summed E-state index contributed by atoms with van der Waals surface area (Å²) in [7, 11) is 0. The van der Waals surface area contributed by atoms with E-state index in [2.05, 4.69) is 31.4 Å². The van der Waals surface area contributed by atoms with Crippen molar-refractivity contribution in [3.05, 3.63) is 28.0 Å². The molecule has 5 nitrogen and oxygen atoms in total. The van der Waals surface area contributed by atoms with Crippen molar-refractivity contribution in [2.75, 3.05) is 25.1 Å². The van der Waals surface area contributed by atoms with Crippen LogP contribution in [0.1, 0.15) is 29.7 Å². The fourth-order valence-electron chi connectivity index (χ4n) is 2.14. The van der Waals surface area contributed by atoms with E-state index in [-0.39, 0.29) is 0 Å². The number of ether oxygens (including phenoxy) is 1. The van der Waals surface area contributed by atoms with Crippen molar-refractivity contribution in [3.8, 4) is 0 Å². The third-order valence-corrected chi connectivity index (χ3v) is 4.10. The molecule has 0 saturated carbocycles. The SMILES string of the molecule is CCOCCCn1cc(C)nc1NCCc1nc(C)cs1. The van der Waals surface area contributed by atoms with Gasteiger partial charge in [0.05, 0.1) is 10.7 Å². The summed E-state index contributed by atoms with van der Waals surface area (Å²) in [5.74, 6) is 0.942. The molecule has 6 heteroatoms. The van der Waals surface area contributed by atoms with Gasteiger partial charge in [-0.15, -0.1) is 11.3 Å². The van der Waals surface area contributed by atoms with Gasteiger partial charge in [0.2, 0.25) is 5.95 Å². The Morgan fingerprint density at radius 2 is 2.14 bits per heavy atom. The van der Waals surface area contributed by atoms with Gasteiger partial charge < -0.3 is 14.6 Å². The van der Waals surface area contributed by atoms with Gasteiger partial charge in [0, 0.05) is 50.0 Å². The summed E-state index contributed by atoms with van der Waals surface area (Å²) >= 11 is 1.72. The van der Waals surface area contributed by atoms with E-state index in [0.717, 1.165) is 56.5 Å². The van der Waals surface area contributed by atoms with E-state index in [1.54, 1.807) is 11.3 Å². The molecule has 0 saturated heterocycles. The predicted molar refractivity (Wildman–Crippen MR) is 87.1 cm³/mol. The summed E-state index contributed by atoms with van der Waals surface area (Å²) in [5.41, 5.74) is 2.14. The van der Waals surface area contributed by atoms with Gasteiger partial charge in [0.15, 0.2) is 0 Å². The summed E-state index contributed by atoms with van der Waals surface area (Å²) < 4.78 is 7.55. The van der Waals surface area contributed by atoms with E-state index in [4.69, 9.17) is 4.74 Å². The van der Waals surface area contributed by atoms with Crippen molar-refractivity contribution < 1.29 is 4.74 Å². The van der Waals surface area contributed by atoms with Crippen LogP contribution in [0.4, 0.5) is 5.95 Å². The fraction of sp³-hybridized carbons (Fsp3) is 0.600. The van der Waals surface area contributed by atoms with Crippen LogP contribution >= 0.6 is 11.3 Å². The number of nitrogens with zero attached hydrogens (tertiary/aromatic N) is 3. The quantitative estimate of drug-likeness (QED) is 0.723. The van der Waals surface area contributed by atoms with Crippen molar-refractivity contribution in [2.45, 2.75) is 40.2 Å². The van der Waals surface area contributed by atoms with Gasteiger partial charge in [-0.05, 0) is 27.2 Å². The highest BCUT2D eigenvalue weighted by atomic mass is 32.1. The zero-order valence-corrected chi connectivity index (χ0v) is 13.9. The second-order valence-electron chi connectivity index (χ2n) is 5.01. The van der Waals surface area contributed by atoms with Crippen LogP contribution < -0.4 is 5.32 Å². The van der Waals surface area contributed by atoms with Gasteiger partial charge in [-0.1, -0.05) is 0 Å². The van der Waals surface area contributed by atoms with Crippen LogP contribution in [-0.4, -0.2) is 34.3 Å². The lowest BCUT2D eigenvalue weighted by molar-refractivity contribution is 0.142. The standard InChI is InChI=1S/C15H24N4OS/c1-4-20-9-5-8-19-10-12(2)18-15(19)16-7-6-14-17-13(3)11-21-14/h10-11H,4-9H2,1-3H3,(H,16,18). The lowest BCUT2D eigenvalue weighted by Gasteiger charge is -2.09. The van der Waals surface area contributed by atoms with Crippen molar-refractivity contribution >= 4 is 17.3 Å². The number of thiazole rings is 1. The second-order valence-corrected chi connectivity index (χ2v) is 5.95. The first-order valence-electron chi connectivity index (χ1n) is 7.45. The monoisotopic (exact) mass is 308 g/mol. The van der Waals surface area contributed by atoms with E-state index in [9.17, 15) is 0 Å². The third kappa shape index (κ3) is 5.13. The minimum atomic E-state index is 0.779. The largest absolute Gasteiger partial charge is 0.382 e. The van der Waals surface area contributed by atoms with E-state index in [1.807, 2.05) is 20.8 Å². The number of aromatic nitrogens is 3. The fourth-order valence-corrected chi connectivity index (χ4v) is 2.91. The molecule has 21 heavy (non-hydrogen) atoms. The molecule has 116 valence electrons. The Morgan fingerprint density at radius 1 is 1.29 bits per heavy atom. The number of hydrogen-bond donors (Lipinski definition) is 1. The molecule has 2 heterocycles. The van der Waals surface area contributed by atoms with Gasteiger partial charge in [-0.3, -0.25) is 0 Å². The van der Waals surface area contributed by atoms with E-state index >= 15 is 0 Å². The molecule has 2 aromatic rings. The number of rotatable bonds is 9. The summed E-state index contributed by atoms with van der Waals surface area (Å²) in [4.78, 5) is 9.01. The molecule has 0 aliphatic rings. The van der Waals surface area contributed by atoms with E-state index < -0.39 is 0 Å². The molecule has 2 rings (SSSR count). The number of aryl methyl sites for hydroxylation is 3. The van der Waals surface area contributed by atoms with Crippen molar-refractivity contribution in [1.82, 2.24) is 14.5 Å². The maximum atomic E-state index is 5.38. The molecule has 1 N–H and O–H groups in total.